The lowest BCUT2D eigenvalue weighted by atomic mass is 9.86. The van der Waals surface area contributed by atoms with Crippen LogP contribution in [0.5, 0.6) is 0 Å². The first-order valence-corrected chi connectivity index (χ1v) is 8.07. The van der Waals surface area contributed by atoms with E-state index >= 15 is 0 Å². The molecule has 0 fully saturated rings. The molecule has 0 heterocycles. The Kier molecular flexibility index (Phi) is 11.5. The fourth-order valence-corrected chi connectivity index (χ4v) is 1.83. The number of ether oxygens (including phenoxy) is 4. The number of nitrogens with zero attached hydrogens (tertiary/aromatic N) is 1. The van der Waals surface area contributed by atoms with Crippen LogP contribution >= 0.6 is 0 Å². The number of carbonyl (C=O) groups excluding carboxylic acids is 3. The first kappa shape index (κ1) is 24.0. The zero-order valence-corrected chi connectivity index (χ0v) is 16.0. The molecule has 0 saturated carbocycles. The number of amides is 1. The van der Waals surface area contributed by atoms with Crippen LogP contribution in [0.1, 0.15) is 13.8 Å². The number of aliphatic hydroxyl groups is 1. The van der Waals surface area contributed by atoms with Gasteiger partial charge in [0.25, 0.3) is 5.91 Å². The number of aliphatic hydroxyl groups excluding tert-OH is 1. The summed E-state index contributed by atoms with van der Waals surface area (Å²) in [5, 5.41) is 10.4. The quantitative estimate of drug-likeness (QED) is 0.368. The number of rotatable bonds is 12. The van der Waals surface area contributed by atoms with Crippen LogP contribution in [0.15, 0.2) is 12.2 Å². The van der Waals surface area contributed by atoms with E-state index in [9.17, 15) is 19.5 Å². The Labute approximate surface area is 153 Å². The van der Waals surface area contributed by atoms with Crippen LogP contribution in [-0.4, -0.2) is 88.2 Å². The molecule has 0 saturated heterocycles. The van der Waals surface area contributed by atoms with Gasteiger partial charge in [0.05, 0.1) is 26.9 Å². The molecule has 0 rings (SSSR count). The van der Waals surface area contributed by atoms with Gasteiger partial charge in [-0.1, -0.05) is 13.8 Å². The SMILES string of the molecule is COCCN(CCOC)C(=O)[C@H](O)C(C)(C)COC(=O)/C=C/C(=O)OC. The standard InChI is InChI=1S/C17H29NO8/c1-17(2,12-26-14(20)7-6-13(19)25-5)15(21)16(22)18(8-10-23-3)9-11-24-4/h6-7,15,21H,8-12H2,1-5H3/b7-6+/t15-/m0/s1. The molecule has 0 aromatic carbocycles. The van der Waals surface area contributed by atoms with Crippen molar-refractivity contribution in [3.8, 4) is 0 Å². The van der Waals surface area contributed by atoms with Gasteiger partial charge >= 0.3 is 11.9 Å². The molecule has 1 amide bonds. The van der Waals surface area contributed by atoms with E-state index in [4.69, 9.17) is 14.2 Å². The molecule has 1 N–H and O–H groups in total. The molecule has 0 radical (unpaired) electrons. The predicted molar refractivity (Wildman–Crippen MR) is 92.2 cm³/mol. The molecule has 150 valence electrons. The van der Waals surface area contributed by atoms with Gasteiger partial charge in [0.1, 0.15) is 6.10 Å². The van der Waals surface area contributed by atoms with E-state index in [1.165, 1.54) is 26.2 Å². The molecular formula is C17H29NO8. The summed E-state index contributed by atoms with van der Waals surface area (Å²) in [4.78, 5) is 36.5. The fourth-order valence-electron chi connectivity index (χ4n) is 1.83. The molecule has 0 aromatic rings. The van der Waals surface area contributed by atoms with Crippen molar-refractivity contribution in [3.63, 3.8) is 0 Å². The average Bonchev–Trinajstić information content (AvgIpc) is 2.63. The van der Waals surface area contributed by atoms with Crippen molar-refractivity contribution in [3.05, 3.63) is 12.2 Å². The van der Waals surface area contributed by atoms with Crippen molar-refractivity contribution in [2.75, 3.05) is 54.2 Å². The summed E-state index contributed by atoms with van der Waals surface area (Å²) in [5.41, 5.74) is -1.04. The Morgan fingerprint density at radius 1 is 1.00 bits per heavy atom. The molecule has 1 atom stereocenters. The van der Waals surface area contributed by atoms with E-state index in [0.29, 0.717) is 26.3 Å². The lowest BCUT2D eigenvalue weighted by Crippen LogP contribution is -2.49. The molecule has 9 heteroatoms. The Morgan fingerprint density at radius 2 is 1.50 bits per heavy atom. The summed E-state index contributed by atoms with van der Waals surface area (Å²) < 4.78 is 19.3. The van der Waals surface area contributed by atoms with Crippen molar-refractivity contribution in [2.24, 2.45) is 5.41 Å². The van der Waals surface area contributed by atoms with Crippen LogP contribution < -0.4 is 0 Å². The van der Waals surface area contributed by atoms with Crippen LogP contribution in [0.2, 0.25) is 0 Å². The monoisotopic (exact) mass is 375 g/mol. The topological polar surface area (TPSA) is 112 Å². The Morgan fingerprint density at radius 3 is 1.96 bits per heavy atom. The highest BCUT2D eigenvalue weighted by Gasteiger charge is 2.37. The van der Waals surface area contributed by atoms with Crippen LogP contribution in [0.4, 0.5) is 0 Å². The predicted octanol–water partition coefficient (Wildman–Crippen LogP) is -0.233. The van der Waals surface area contributed by atoms with Gasteiger partial charge in [0.15, 0.2) is 0 Å². The molecule has 0 bridgehead atoms. The van der Waals surface area contributed by atoms with Crippen LogP contribution in [0, 0.1) is 5.41 Å². The van der Waals surface area contributed by atoms with E-state index in [1.807, 2.05) is 0 Å². The molecule has 0 unspecified atom stereocenters. The van der Waals surface area contributed by atoms with Crippen molar-refractivity contribution < 1.29 is 38.4 Å². The molecule has 0 aliphatic carbocycles. The second-order valence-electron chi connectivity index (χ2n) is 6.17. The molecule has 26 heavy (non-hydrogen) atoms. The molecule has 0 aliphatic heterocycles. The summed E-state index contributed by atoms with van der Waals surface area (Å²) in [6.45, 7) is 4.20. The summed E-state index contributed by atoms with van der Waals surface area (Å²) in [6, 6.07) is 0. The summed E-state index contributed by atoms with van der Waals surface area (Å²) in [7, 11) is 4.21. The lowest BCUT2D eigenvalue weighted by Gasteiger charge is -2.33. The zero-order valence-electron chi connectivity index (χ0n) is 16.0. The van der Waals surface area contributed by atoms with E-state index in [1.54, 1.807) is 13.8 Å². The third kappa shape index (κ3) is 8.93. The second-order valence-corrected chi connectivity index (χ2v) is 6.17. The Bertz CT molecular complexity index is 481. The summed E-state index contributed by atoms with van der Waals surface area (Å²) in [6.07, 6.45) is 0.446. The van der Waals surface area contributed by atoms with Crippen LogP contribution in [0.3, 0.4) is 0 Å². The molecular weight excluding hydrogens is 346 g/mol. The minimum atomic E-state index is -1.39. The number of esters is 2. The van der Waals surface area contributed by atoms with Gasteiger partial charge in [-0.05, 0) is 0 Å². The van der Waals surface area contributed by atoms with Crippen LogP contribution in [0.25, 0.3) is 0 Å². The van der Waals surface area contributed by atoms with Crippen molar-refractivity contribution in [1.29, 1.82) is 0 Å². The number of methoxy groups -OCH3 is 3. The third-order valence-electron chi connectivity index (χ3n) is 3.56. The number of carbonyl (C=O) groups is 3. The second kappa shape index (κ2) is 12.4. The maximum atomic E-state index is 12.5. The van der Waals surface area contributed by atoms with E-state index < -0.39 is 29.4 Å². The fraction of sp³-hybridized carbons (Fsp3) is 0.706. The van der Waals surface area contributed by atoms with Gasteiger partial charge < -0.3 is 29.0 Å². The highest BCUT2D eigenvalue weighted by atomic mass is 16.5. The molecule has 0 spiro atoms. The maximum absolute atomic E-state index is 12.5. The first-order valence-electron chi connectivity index (χ1n) is 8.07. The lowest BCUT2D eigenvalue weighted by molar-refractivity contribution is -0.155. The Hall–Kier alpha value is -1.97. The highest BCUT2D eigenvalue weighted by molar-refractivity contribution is 5.91. The summed E-state index contributed by atoms with van der Waals surface area (Å²) in [5.74, 6) is -1.98. The van der Waals surface area contributed by atoms with Gasteiger partial charge in [-0.25, -0.2) is 9.59 Å². The van der Waals surface area contributed by atoms with Gasteiger partial charge in [-0.3, -0.25) is 4.79 Å². The van der Waals surface area contributed by atoms with Crippen LogP contribution in [-0.2, 0) is 33.3 Å². The third-order valence-corrected chi connectivity index (χ3v) is 3.56. The van der Waals surface area contributed by atoms with Crippen molar-refractivity contribution in [2.45, 2.75) is 20.0 Å². The normalized spacial score (nSPS) is 12.7. The zero-order chi connectivity index (χ0) is 20.2. The average molecular weight is 375 g/mol. The van der Waals surface area contributed by atoms with Gasteiger partial charge in [0.2, 0.25) is 0 Å². The summed E-state index contributed by atoms with van der Waals surface area (Å²) >= 11 is 0. The highest BCUT2D eigenvalue weighted by Crippen LogP contribution is 2.23. The molecule has 0 aromatic heterocycles. The van der Waals surface area contributed by atoms with Gasteiger partial charge in [-0.15, -0.1) is 0 Å². The van der Waals surface area contributed by atoms with E-state index in [-0.39, 0.29) is 6.61 Å². The molecule has 9 nitrogen and oxygen atoms in total. The largest absolute Gasteiger partial charge is 0.466 e. The minimum Gasteiger partial charge on any atom is -0.466 e. The molecule has 0 aliphatic rings. The number of hydrogen-bond donors (Lipinski definition) is 1. The minimum absolute atomic E-state index is 0.216. The maximum Gasteiger partial charge on any atom is 0.331 e. The van der Waals surface area contributed by atoms with Crippen molar-refractivity contribution in [1.82, 2.24) is 4.90 Å². The Balaban J connectivity index is 4.80. The van der Waals surface area contributed by atoms with E-state index in [2.05, 4.69) is 4.74 Å². The van der Waals surface area contributed by atoms with Gasteiger partial charge in [0, 0.05) is 44.9 Å². The van der Waals surface area contributed by atoms with Gasteiger partial charge in [-0.2, -0.15) is 0 Å². The van der Waals surface area contributed by atoms with E-state index in [0.717, 1.165) is 12.2 Å². The first-order chi connectivity index (χ1) is 12.2. The van der Waals surface area contributed by atoms with Crippen molar-refractivity contribution >= 4 is 17.8 Å². The number of hydrogen-bond acceptors (Lipinski definition) is 8. The smallest absolute Gasteiger partial charge is 0.331 e.